The third-order valence-corrected chi connectivity index (χ3v) is 2.57. The first-order chi connectivity index (χ1) is 6.86. The van der Waals surface area contributed by atoms with Gasteiger partial charge in [-0.05, 0) is 12.0 Å². The molecule has 0 bridgehead atoms. The number of hydrogen-bond acceptors (Lipinski definition) is 2. The van der Waals surface area contributed by atoms with Crippen LogP contribution in [-0.2, 0) is 6.54 Å². The van der Waals surface area contributed by atoms with Gasteiger partial charge in [-0.25, -0.2) is 4.39 Å². The zero-order valence-electron chi connectivity index (χ0n) is 8.09. The molecule has 1 heterocycles. The molecular weight excluding hydrogens is 179 g/mol. The van der Waals surface area contributed by atoms with Crippen LogP contribution in [0.4, 0.5) is 4.39 Å². The van der Waals surface area contributed by atoms with Gasteiger partial charge < -0.3 is 10.6 Å². The lowest BCUT2D eigenvalue weighted by molar-refractivity contribution is 0.330. The van der Waals surface area contributed by atoms with Crippen molar-refractivity contribution in [3.8, 4) is 0 Å². The monoisotopic (exact) mass is 194 g/mol. The van der Waals surface area contributed by atoms with Crippen molar-refractivity contribution in [1.29, 1.82) is 0 Å². The summed E-state index contributed by atoms with van der Waals surface area (Å²) in [6.45, 7) is 3.78. The van der Waals surface area contributed by atoms with Crippen LogP contribution < -0.4 is 10.6 Å². The van der Waals surface area contributed by atoms with Crippen LogP contribution in [0.5, 0.6) is 0 Å². The lowest BCUT2D eigenvalue weighted by Gasteiger charge is -2.27. The van der Waals surface area contributed by atoms with E-state index in [9.17, 15) is 4.39 Å². The number of halogens is 1. The molecule has 1 aliphatic heterocycles. The van der Waals surface area contributed by atoms with Crippen molar-refractivity contribution in [3.05, 3.63) is 35.6 Å². The highest BCUT2D eigenvalue weighted by Gasteiger charge is 2.15. The van der Waals surface area contributed by atoms with Crippen molar-refractivity contribution >= 4 is 0 Å². The van der Waals surface area contributed by atoms with Crippen LogP contribution in [0.25, 0.3) is 0 Å². The van der Waals surface area contributed by atoms with E-state index >= 15 is 0 Å². The maximum atomic E-state index is 13.2. The first-order valence-electron chi connectivity index (χ1n) is 5.01. The quantitative estimate of drug-likeness (QED) is 0.751. The molecule has 0 radical (unpaired) electrons. The van der Waals surface area contributed by atoms with E-state index in [-0.39, 0.29) is 5.82 Å². The molecule has 3 heteroatoms. The lowest BCUT2D eigenvalue weighted by atomic mass is 10.0. The average Bonchev–Trinajstić information content (AvgIpc) is 2.12. The van der Waals surface area contributed by atoms with Crippen molar-refractivity contribution < 1.29 is 4.39 Å². The third-order valence-electron chi connectivity index (χ3n) is 2.57. The average molecular weight is 194 g/mol. The predicted molar refractivity (Wildman–Crippen MR) is 54.5 cm³/mol. The fourth-order valence-electron chi connectivity index (χ4n) is 1.55. The maximum absolute atomic E-state index is 13.2. The number of hydrogen-bond donors (Lipinski definition) is 2. The smallest absolute Gasteiger partial charge is 0.127 e. The summed E-state index contributed by atoms with van der Waals surface area (Å²) in [5, 5.41) is 6.47. The summed E-state index contributed by atoms with van der Waals surface area (Å²) < 4.78 is 13.2. The van der Waals surface area contributed by atoms with Crippen LogP contribution in [0.1, 0.15) is 5.56 Å². The summed E-state index contributed by atoms with van der Waals surface area (Å²) in [5.74, 6) is 0.605. The molecule has 0 aromatic heterocycles. The lowest BCUT2D eigenvalue weighted by Crippen LogP contribution is -2.47. The minimum atomic E-state index is -0.119. The molecule has 76 valence electrons. The van der Waals surface area contributed by atoms with Crippen molar-refractivity contribution in [1.82, 2.24) is 10.6 Å². The summed E-state index contributed by atoms with van der Waals surface area (Å²) in [6.07, 6.45) is 0. The third kappa shape index (κ3) is 2.30. The van der Waals surface area contributed by atoms with E-state index in [0.29, 0.717) is 6.54 Å². The minimum absolute atomic E-state index is 0.119. The van der Waals surface area contributed by atoms with Gasteiger partial charge in [-0.1, -0.05) is 18.2 Å². The van der Waals surface area contributed by atoms with Crippen molar-refractivity contribution in [2.45, 2.75) is 6.54 Å². The standard InChI is InChI=1S/C11H15FN2/c12-11-4-2-1-3-10(11)8-14-7-9-5-13-6-9/h1-4,9,13-14H,5-8H2. The Kier molecular flexibility index (Phi) is 3.11. The highest BCUT2D eigenvalue weighted by Crippen LogP contribution is 2.06. The number of benzene rings is 1. The predicted octanol–water partition coefficient (Wildman–Crippen LogP) is 1.13. The van der Waals surface area contributed by atoms with Gasteiger partial charge >= 0.3 is 0 Å². The second-order valence-electron chi connectivity index (χ2n) is 3.75. The molecule has 1 aromatic rings. The molecule has 2 nitrogen and oxygen atoms in total. The zero-order chi connectivity index (χ0) is 9.80. The van der Waals surface area contributed by atoms with Crippen LogP contribution in [0.3, 0.4) is 0 Å². The number of rotatable bonds is 4. The van der Waals surface area contributed by atoms with Gasteiger partial charge in [0.15, 0.2) is 0 Å². The summed E-state index contributed by atoms with van der Waals surface area (Å²) in [4.78, 5) is 0. The highest BCUT2D eigenvalue weighted by atomic mass is 19.1. The van der Waals surface area contributed by atoms with Crippen LogP contribution >= 0.6 is 0 Å². The fourth-order valence-corrected chi connectivity index (χ4v) is 1.55. The maximum Gasteiger partial charge on any atom is 0.127 e. The molecule has 0 amide bonds. The molecule has 0 saturated carbocycles. The highest BCUT2D eigenvalue weighted by molar-refractivity contribution is 5.16. The fraction of sp³-hybridized carbons (Fsp3) is 0.455. The Morgan fingerprint density at radius 3 is 2.79 bits per heavy atom. The molecule has 0 atom stereocenters. The number of nitrogens with one attached hydrogen (secondary N) is 2. The Morgan fingerprint density at radius 2 is 2.14 bits per heavy atom. The van der Waals surface area contributed by atoms with Crippen LogP contribution in [0.15, 0.2) is 24.3 Å². The largest absolute Gasteiger partial charge is 0.316 e. The van der Waals surface area contributed by atoms with Gasteiger partial charge in [0.25, 0.3) is 0 Å². The summed E-state index contributed by atoms with van der Waals surface area (Å²) in [7, 11) is 0. The van der Waals surface area contributed by atoms with Gasteiger partial charge in [-0.15, -0.1) is 0 Å². The van der Waals surface area contributed by atoms with Crippen molar-refractivity contribution in [2.75, 3.05) is 19.6 Å². The van der Waals surface area contributed by atoms with Crippen molar-refractivity contribution in [2.24, 2.45) is 5.92 Å². The molecule has 1 aromatic carbocycles. The van der Waals surface area contributed by atoms with E-state index < -0.39 is 0 Å². The van der Waals surface area contributed by atoms with Gasteiger partial charge in [0, 0.05) is 31.7 Å². The molecule has 1 fully saturated rings. The van der Waals surface area contributed by atoms with Gasteiger partial charge in [0.2, 0.25) is 0 Å². The van der Waals surface area contributed by atoms with Crippen LogP contribution in [0.2, 0.25) is 0 Å². The molecule has 1 aliphatic rings. The van der Waals surface area contributed by atoms with Gasteiger partial charge in [-0.2, -0.15) is 0 Å². The normalized spacial score (nSPS) is 16.6. The van der Waals surface area contributed by atoms with Gasteiger partial charge in [-0.3, -0.25) is 0 Å². The Balaban J connectivity index is 1.76. The van der Waals surface area contributed by atoms with E-state index in [4.69, 9.17) is 0 Å². The first-order valence-corrected chi connectivity index (χ1v) is 5.01. The zero-order valence-corrected chi connectivity index (χ0v) is 8.09. The molecule has 2 N–H and O–H groups in total. The summed E-state index contributed by atoms with van der Waals surface area (Å²) in [6, 6.07) is 6.91. The Bertz CT molecular complexity index is 297. The van der Waals surface area contributed by atoms with E-state index in [0.717, 1.165) is 31.1 Å². The SMILES string of the molecule is Fc1ccccc1CNCC1CNC1. The molecule has 0 unspecified atom stereocenters. The topological polar surface area (TPSA) is 24.1 Å². The molecule has 2 rings (SSSR count). The van der Waals surface area contributed by atoms with E-state index in [2.05, 4.69) is 10.6 Å². The van der Waals surface area contributed by atoms with E-state index in [1.807, 2.05) is 12.1 Å². The molecule has 1 saturated heterocycles. The minimum Gasteiger partial charge on any atom is -0.316 e. The Labute approximate surface area is 83.5 Å². The second-order valence-corrected chi connectivity index (χ2v) is 3.75. The van der Waals surface area contributed by atoms with Crippen LogP contribution in [-0.4, -0.2) is 19.6 Å². The molecule has 14 heavy (non-hydrogen) atoms. The second kappa shape index (κ2) is 4.53. The van der Waals surface area contributed by atoms with Crippen LogP contribution in [0, 0.1) is 11.7 Å². The Morgan fingerprint density at radius 1 is 1.36 bits per heavy atom. The summed E-state index contributed by atoms with van der Waals surface area (Å²) in [5.41, 5.74) is 0.750. The van der Waals surface area contributed by atoms with E-state index in [1.165, 1.54) is 6.07 Å². The first kappa shape index (κ1) is 9.62. The van der Waals surface area contributed by atoms with Crippen molar-refractivity contribution in [3.63, 3.8) is 0 Å². The van der Waals surface area contributed by atoms with E-state index in [1.54, 1.807) is 6.07 Å². The van der Waals surface area contributed by atoms with Gasteiger partial charge in [0.05, 0.1) is 0 Å². The molecular formula is C11H15FN2. The van der Waals surface area contributed by atoms with Gasteiger partial charge in [0.1, 0.15) is 5.82 Å². The summed E-state index contributed by atoms with van der Waals surface area (Å²) >= 11 is 0. The molecule has 0 aliphatic carbocycles. The Hall–Kier alpha value is -0.930. The molecule has 0 spiro atoms.